The zero-order chi connectivity index (χ0) is 19.1. The Labute approximate surface area is 163 Å². The van der Waals surface area contributed by atoms with Crippen LogP contribution in [0.5, 0.6) is 0 Å². The number of benzene rings is 1. The number of hydrogen-bond donors (Lipinski definition) is 0. The predicted octanol–water partition coefficient (Wildman–Crippen LogP) is 4.25. The van der Waals surface area contributed by atoms with Gasteiger partial charge < -0.3 is 4.74 Å². The van der Waals surface area contributed by atoms with Crippen LogP contribution in [0.25, 0.3) is 32.6 Å². The highest BCUT2D eigenvalue weighted by atomic mass is 32.1. The largest absolute Gasteiger partial charge is 0.374 e. The first-order valence-electron chi connectivity index (χ1n) is 8.71. The fraction of sp³-hybridized carbons (Fsp3) is 0.200. The lowest BCUT2D eigenvalue weighted by atomic mass is 10.0. The first-order valence-corrected chi connectivity index (χ1v) is 9.53. The molecule has 4 heterocycles. The quantitative estimate of drug-likeness (QED) is 0.515. The zero-order valence-electron chi connectivity index (χ0n) is 14.9. The van der Waals surface area contributed by atoms with Crippen molar-refractivity contribution in [1.29, 1.82) is 0 Å². The van der Waals surface area contributed by atoms with Crippen molar-refractivity contribution in [2.24, 2.45) is 0 Å². The van der Waals surface area contributed by atoms with Crippen LogP contribution in [0.4, 0.5) is 4.53 Å². The van der Waals surface area contributed by atoms with Crippen molar-refractivity contribution in [3.63, 3.8) is 0 Å². The Morgan fingerprint density at radius 1 is 1.11 bits per heavy atom. The highest BCUT2D eigenvalue weighted by Crippen LogP contribution is 2.37. The Morgan fingerprint density at radius 3 is 2.57 bits per heavy atom. The van der Waals surface area contributed by atoms with E-state index in [0.29, 0.717) is 0 Å². The molecule has 0 spiro atoms. The van der Waals surface area contributed by atoms with Crippen LogP contribution in [0.1, 0.15) is 10.8 Å². The Hall–Kier alpha value is -2.81. The van der Waals surface area contributed by atoms with Gasteiger partial charge in [0.25, 0.3) is 0 Å². The third-order valence-electron chi connectivity index (χ3n) is 4.75. The second kappa shape index (κ2) is 6.66. The summed E-state index contributed by atoms with van der Waals surface area (Å²) in [7, 11) is 0. The van der Waals surface area contributed by atoms with E-state index in [9.17, 15) is 4.53 Å². The minimum absolute atomic E-state index is 0.108. The summed E-state index contributed by atoms with van der Waals surface area (Å²) in [5, 5.41) is 0.989. The number of nitrogens with zero attached hydrogens (tertiary/aromatic N) is 4. The van der Waals surface area contributed by atoms with Gasteiger partial charge in [0.2, 0.25) is 5.60 Å². The number of halogens is 1. The van der Waals surface area contributed by atoms with Gasteiger partial charge in [0.1, 0.15) is 0 Å². The van der Waals surface area contributed by atoms with Crippen LogP contribution >= 0.6 is 11.3 Å². The van der Waals surface area contributed by atoms with Crippen LogP contribution in [0.3, 0.4) is 0 Å². The van der Waals surface area contributed by atoms with Gasteiger partial charge in [-0.1, -0.05) is 6.07 Å². The first-order chi connectivity index (χ1) is 13.7. The molecule has 4 aromatic rings. The number of thiazole rings is 1. The van der Waals surface area contributed by atoms with E-state index in [2.05, 4.69) is 30.9 Å². The third kappa shape index (κ3) is 2.77. The van der Waals surface area contributed by atoms with Crippen LogP contribution in [0.15, 0.2) is 48.9 Å². The maximum Gasteiger partial charge on any atom is 0.214 e. The van der Waals surface area contributed by atoms with Crippen LogP contribution in [0.2, 0.25) is 0 Å². The van der Waals surface area contributed by atoms with Gasteiger partial charge in [0.15, 0.2) is 5.82 Å². The fourth-order valence-electron chi connectivity index (χ4n) is 3.23. The second-order valence-corrected chi connectivity index (χ2v) is 7.88. The van der Waals surface area contributed by atoms with E-state index in [1.54, 1.807) is 29.9 Å². The molecule has 28 heavy (non-hydrogen) atoms. The summed E-state index contributed by atoms with van der Waals surface area (Å²) in [4.78, 5) is 21.8. The number of rotatable bonds is 4. The average molecular weight is 394 g/mol. The number of hydrogen-bond acceptors (Lipinski definition) is 7. The maximum absolute atomic E-state index is 12.9. The van der Waals surface area contributed by atoms with Gasteiger partial charge in [-0.25, -0.2) is 15.0 Å². The average Bonchev–Trinajstić information content (AvgIpc) is 3.08. The molecule has 0 radical (unpaired) electrons. The van der Waals surface area contributed by atoms with Gasteiger partial charge >= 0.3 is 0 Å². The highest BCUT2D eigenvalue weighted by molar-refractivity contribution is 7.19. The minimum Gasteiger partial charge on any atom is -0.374 e. The lowest BCUT2D eigenvalue weighted by Gasteiger charge is -2.35. The molecule has 8 heteroatoms. The highest BCUT2D eigenvalue weighted by Gasteiger charge is 2.46. The van der Waals surface area contributed by atoms with Crippen LogP contribution in [-0.2, 0) is 15.3 Å². The van der Waals surface area contributed by atoms with Gasteiger partial charge in [-0.3, -0.25) is 4.98 Å². The van der Waals surface area contributed by atoms with Crippen molar-refractivity contribution in [3.8, 4) is 22.4 Å². The molecular weight excluding hydrogens is 379 g/mol. The second-order valence-electron chi connectivity index (χ2n) is 6.68. The molecule has 140 valence electrons. The Balaban J connectivity index is 1.61. The summed E-state index contributed by atoms with van der Waals surface area (Å²) in [6, 6.07) is 9.91. The molecule has 1 aliphatic rings. The summed E-state index contributed by atoms with van der Waals surface area (Å²) in [6.07, 6.45) is 5.12. The molecule has 0 N–H and O–H groups in total. The standard InChI is InChI=1S/C20H15FN4O2S/c1-12-25-17-7-13(6-15(18(17)28-12)16-4-2-3-5-22-16)14-8-23-19(24-9-14)20(27-21)10-26-11-20/h2-9H,10-11H2,1H3. The number of aromatic nitrogens is 4. The molecule has 1 saturated heterocycles. The van der Waals surface area contributed by atoms with Gasteiger partial charge in [0.05, 0.1) is 34.1 Å². The van der Waals surface area contributed by atoms with Crippen molar-refractivity contribution < 1.29 is 14.2 Å². The number of ether oxygens (including phenoxy) is 1. The molecule has 6 nitrogen and oxygen atoms in total. The lowest BCUT2D eigenvalue weighted by molar-refractivity contribution is -0.327. The van der Waals surface area contributed by atoms with Crippen LogP contribution < -0.4 is 0 Å². The van der Waals surface area contributed by atoms with E-state index in [1.807, 2.05) is 31.2 Å². The summed E-state index contributed by atoms with van der Waals surface area (Å²) >= 11 is 1.64. The summed E-state index contributed by atoms with van der Waals surface area (Å²) in [5.41, 5.74) is 3.34. The molecular formula is C20H15FN4O2S. The molecule has 0 saturated carbocycles. The van der Waals surface area contributed by atoms with E-state index in [0.717, 1.165) is 37.6 Å². The van der Waals surface area contributed by atoms with E-state index in [-0.39, 0.29) is 19.0 Å². The molecule has 0 unspecified atom stereocenters. The van der Waals surface area contributed by atoms with Gasteiger partial charge in [-0.05, 0) is 41.3 Å². The van der Waals surface area contributed by atoms with Crippen molar-refractivity contribution in [3.05, 3.63) is 59.8 Å². The van der Waals surface area contributed by atoms with Gasteiger partial charge in [-0.2, -0.15) is 4.94 Å². The topological polar surface area (TPSA) is 70.0 Å². The normalized spacial score (nSPS) is 15.5. The Morgan fingerprint density at radius 2 is 1.93 bits per heavy atom. The molecule has 1 fully saturated rings. The van der Waals surface area contributed by atoms with Crippen molar-refractivity contribution >= 4 is 21.6 Å². The molecule has 1 aliphatic heterocycles. The number of fused-ring (bicyclic) bond motifs is 1. The minimum atomic E-state index is -1.19. The van der Waals surface area contributed by atoms with Crippen LogP contribution in [0, 0.1) is 6.92 Å². The summed E-state index contributed by atoms with van der Waals surface area (Å²) in [6.45, 7) is 2.20. The van der Waals surface area contributed by atoms with E-state index < -0.39 is 5.60 Å². The molecule has 0 aliphatic carbocycles. The lowest BCUT2D eigenvalue weighted by Crippen LogP contribution is -2.48. The van der Waals surface area contributed by atoms with Gasteiger partial charge in [0, 0.05) is 29.7 Å². The third-order valence-corrected chi connectivity index (χ3v) is 5.77. The van der Waals surface area contributed by atoms with Crippen LogP contribution in [-0.4, -0.2) is 33.1 Å². The smallest absolute Gasteiger partial charge is 0.214 e. The maximum atomic E-state index is 12.9. The van der Waals surface area contributed by atoms with E-state index >= 15 is 0 Å². The first kappa shape index (κ1) is 17.3. The molecule has 5 rings (SSSR count). The molecule has 0 amide bonds. The Bertz CT molecular complexity index is 1140. The van der Waals surface area contributed by atoms with Gasteiger partial charge in [-0.15, -0.1) is 11.3 Å². The number of pyridine rings is 1. The monoisotopic (exact) mass is 394 g/mol. The zero-order valence-corrected chi connectivity index (χ0v) is 15.7. The molecule has 0 atom stereocenters. The van der Waals surface area contributed by atoms with E-state index in [1.165, 1.54) is 0 Å². The van der Waals surface area contributed by atoms with E-state index in [4.69, 9.17) is 4.74 Å². The molecule has 3 aromatic heterocycles. The van der Waals surface area contributed by atoms with Crippen molar-refractivity contribution in [2.75, 3.05) is 13.2 Å². The number of aryl methyl sites for hydroxylation is 1. The van der Waals surface area contributed by atoms with Crippen molar-refractivity contribution in [1.82, 2.24) is 19.9 Å². The summed E-state index contributed by atoms with van der Waals surface area (Å²) in [5.74, 6) is 0.278. The SMILES string of the molecule is Cc1nc2cc(-c3cnc(C4(OF)COC4)nc3)cc(-c3ccccn3)c2s1. The van der Waals surface area contributed by atoms with Crippen molar-refractivity contribution in [2.45, 2.75) is 12.5 Å². The predicted molar refractivity (Wildman–Crippen MR) is 103 cm³/mol. The summed E-state index contributed by atoms with van der Waals surface area (Å²) < 4.78 is 19.1. The molecule has 1 aromatic carbocycles. The molecule has 0 bridgehead atoms. The Kier molecular flexibility index (Phi) is 4.12. The fourth-order valence-corrected chi connectivity index (χ4v) is 4.15.